The quantitative estimate of drug-likeness (QED) is 0.163. The van der Waals surface area contributed by atoms with Crippen LogP contribution < -0.4 is 31.1 Å². The van der Waals surface area contributed by atoms with E-state index in [0.29, 0.717) is 0 Å². The van der Waals surface area contributed by atoms with Crippen LogP contribution in [0.15, 0.2) is 152 Å². The zero-order chi connectivity index (χ0) is 48.6. The first kappa shape index (κ1) is 45.4. The first-order valence-electron chi connectivity index (χ1n) is 25.8. The number of nitrogens with zero attached hydrogens (tertiary/aromatic N) is 3. The maximum Gasteiger partial charge on any atom is 0.252 e. The summed E-state index contributed by atoms with van der Waals surface area (Å²) in [4.78, 5) is 8.07. The molecule has 1 fully saturated rings. The van der Waals surface area contributed by atoms with Gasteiger partial charge in [0.2, 0.25) is 0 Å². The minimum Gasteiger partial charge on any atom is -0.334 e. The van der Waals surface area contributed by atoms with Crippen LogP contribution in [0.1, 0.15) is 149 Å². The molecule has 1 saturated carbocycles. The summed E-state index contributed by atoms with van der Waals surface area (Å²) in [6.07, 6.45) is 4.58. The second-order valence-electron chi connectivity index (χ2n) is 25.3. The molecule has 2 unspecified atom stereocenters. The Morgan fingerprint density at radius 1 is 0.406 bits per heavy atom. The predicted molar refractivity (Wildman–Crippen MR) is 298 cm³/mol. The average molecular weight is 906 g/mol. The lowest BCUT2D eigenvalue weighted by Crippen LogP contribution is -2.61. The molecule has 3 nitrogen and oxygen atoms in total. The van der Waals surface area contributed by atoms with E-state index in [2.05, 4.69) is 256 Å². The van der Waals surface area contributed by atoms with Crippen molar-refractivity contribution in [2.24, 2.45) is 0 Å². The standard InChI is InChI=1S/C65H72BN3/c1-60(2,3)43-28-30-44(31-29-43)65-37-20-19-36-64(65,13)69(54-35-33-46(39-51(54)65)62(7,8)9)50-41-57-59-58(42-50)68(49-25-21-22-45(38-49)61(4,5)6)56-40-47(63(10,11)12)32-34-53(56)66(59)52-26-17-18-27-55(52)67(57)48-23-15-14-16-24-48/h14-18,21-35,38-42H,19-20,36-37H2,1-13H3. The maximum atomic E-state index is 2.84. The summed E-state index contributed by atoms with van der Waals surface area (Å²) in [6.45, 7) is 30.9. The summed E-state index contributed by atoms with van der Waals surface area (Å²) in [6, 6.07) is 59.7. The van der Waals surface area contributed by atoms with E-state index >= 15 is 0 Å². The Hall–Kier alpha value is -6.00. The van der Waals surface area contributed by atoms with Gasteiger partial charge in [0, 0.05) is 50.9 Å². The fraction of sp³-hybridized carbons (Fsp3) is 0.354. The molecule has 0 radical (unpaired) electrons. The summed E-state index contributed by atoms with van der Waals surface area (Å²) in [5, 5.41) is 0. The Kier molecular flexibility index (Phi) is 10.2. The first-order valence-corrected chi connectivity index (χ1v) is 25.8. The summed E-state index contributed by atoms with van der Waals surface area (Å²) in [5.41, 5.74) is 21.9. The van der Waals surface area contributed by atoms with Crippen molar-refractivity contribution >= 4 is 68.6 Å². The van der Waals surface area contributed by atoms with Crippen molar-refractivity contribution in [1.82, 2.24) is 0 Å². The predicted octanol–water partition coefficient (Wildman–Crippen LogP) is 15.7. The van der Waals surface area contributed by atoms with Gasteiger partial charge in [-0.1, -0.05) is 193 Å². The van der Waals surface area contributed by atoms with E-state index in [1.165, 1.54) is 108 Å². The van der Waals surface area contributed by atoms with Crippen LogP contribution in [-0.2, 0) is 27.1 Å². The van der Waals surface area contributed by atoms with E-state index in [9.17, 15) is 0 Å². The molecule has 7 aromatic carbocycles. The molecule has 0 spiro atoms. The van der Waals surface area contributed by atoms with Gasteiger partial charge in [-0.25, -0.2) is 0 Å². The van der Waals surface area contributed by atoms with Crippen molar-refractivity contribution in [3.05, 3.63) is 185 Å². The molecule has 11 rings (SSSR count). The number of hydrogen-bond donors (Lipinski definition) is 0. The van der Waals surface area contributed by atoms with Crippen LogP contribution in [0.25, 0.3) is 0 Å². The fourth-order valence-electron chi connectivity index (χ4n) is 12.9. The first-order chi connectivity index (χ1) is 32.6. The molecular weight excluding hydrogens is 834 g/mol. The molecule has 4 heteroatoms. The minimum atomic E-state index is -0.263. The van der Waals surface area contributed by atoms with Crippen molar-refractivity contribution in [3.8, 4) is 0 Å². The molecule has 69 heavy (non-hydrogen) atoms. The van der Waals surface area contributed by atoms with Gasteiger partial charge in [-0.15, -0.1) is 0 Å². The van der Waals surface area contributed by atoms with E-state index in [-0.39, 0.29) is 39.3 Å². The summed E-state index contributed by atoms with van der Waals surface area (Å²) in [7, 11) is 0. The van der Waals surface area contributed by atoms with E-state index < -0.39 is 0 Å². The highest BCUT2D eigenvalue weighted by Crippen LogP contribution is 2.65. The number of fused-ring (bicyclic) bond motifs is 7. The summed E-state index contributed by atoms with van der Waals surface area (Å²) >= 11 is 0. The molecular formula is C65H72BN3. The van der Waals surface area contributed by atoms with E-state index in [1.807, 2.05) is 0 Å². The van der Waals surface area contributed by atoms with Crippen LogP contribution in [0.4, 0.5) is 45.5 Å². The normalized spacial score (nSPS) is 19.7. The van der Waals surface area contributed by atoms with Crippen LogP contribution in [0.5, 0.6) is 0 Å². The minimum absolute atomic E-state index is 0.000766. The van der Waals surface area contributed by atoms with E-state index in [0.717, 1.165) is 12.8 Å². The Labute approximate surface area is 414 Å². The number of hydrogen-bond acceptors (Lipinski definition) is 3. The molecule has 0 N–H and O–H groups in total. The van der Waals surface area contributed by atoms with Crippen LogP contribution in [0.2, 0.25) is 0 Å². The molecule has 0 amide bonds. The maximum absolute atomic E-state index is 2.84. The van der Waals surface area contributed by atoms with Crippen molar-refractivity contribution < 1.29 is 0 Å². The topological polar surface area (TPSA) is 9.72 Å². The third kappa shape index (κ3) is 6.97. The zero-order valence-corrected chi connectivity index (χ0v) is 43.7. The van der Waals surface area contributed by atoms with Crippen molar-refractivity contribution in [1.29, 1.82) is 0 Å². The van der Waals surface area contributed by atoms with E-state index in [1.54, 1.807) is 0 Å². The number of benzene rings is 7. The highest BCUT2D eigenvalue weighted by Gasteiger charge is 2.61. The van der Waals surface area contributed by atoms with Gasteiger partial charge in [0.05, 0.1) is 5.54 Å². The Bertz CT molecular complexity index is 3140. The zero-order valence-electron chi connectivity index (χ0n) is 43.7. The highest BCUT2D eigenvalue weighted by molar-refractivity contribution is 7.00. The van der Waals surface area contributed by atoms with Gasteiger partial charge in [0.1, 0.15) is 0 Å². The van der Waals surface area contributed by atoms with Gasteiger partial charge in [-0.2, -0.15) is 0 Å². The van der Waals surface area contributed by atoms with Crippen molar-refractivity contribution in [3.63, 3.8) is 0 Å². The van der Waals surface area contributed by atoms with Crippen LogP contribution in [-0.4, -0.2) is 12.3 Å². The van der Waals surface area contributed by atoms with Gasteiger partial charge in [-0.3, -0.25) is 0 Å². The highest BCUT2D eigenvalue weighted by atomic mass is 15.3. The molecule has 0 bridgehead atoms. The summed E-state index contributed by atoms with van der Waals surface area (Å²) < 4.78 is 0. The molecule has 4 aliphatic rings. The number of para-hydroxylation sites is 2. The SMILES string of the molecule is CC(C)(C)c1ccc(C23CCCCC2(C)N(c2cc4c5c(c2)N(c2cccc(C(C)(C)C)c2)c2cc(C(C)(C)C)ccc2B5c2ccccc2N4c2ccccc2)c2ccc(C(C)(C)C)cc23)cc1. The lowest BCUT2D eigenvalue weighted by atomic mass is 9.33. The van der Waals surface area contributed by atoms with Crippen molar-refractivity contribution in [2.45, 2.75) is 148 Å². The van der Waals surface area contributed by atoms with Gasteiger partial charge in [0.25, 0.3) is 6.71 Å². The molecule has 7 aromatic rings. The lowest BCUT2D eigenvalue weighted by Gasteiger charge is -2.53. The molecule has 1 aliphatic carbocycles. The number of rotatable bonds is 4. The molecule has 2 atom stereocenters. The Balaban J connectivity index is 1.26. The smallest absolute Gasteiger partial charge is 0.252 e. The second-order valence-corrected chi connectivity index (χ2v) is 25.3. The third-order valence-corrected chi connectivity index (χ3v) is 16.8. The van der Waals surface area contributed by atoms with Gasteiger partial charge in [-0.05, 0) is 146 Å². The molecule has 0 aromatic heterocycles. The third-order valence-electron chi connectivity index (χ3n) is 16.8. The van der Waals surface area contributed by atoms with Gasteiger partial charge < -0.3 is 14.7 Å². The fourth-order valence-corrected chi connectivity index (χ4v) is 12.9. The Morgan fingerprint density at radius 3 is 1.61 bits per heavy atom. The molecule has 3 heterocycles. The molecule has 3 aliphatic heterocycles. The Morgan fingerprint density at radius 2 is 0.942 bits per heavy atom. The van der Waals surface area contributed by atoms with Crippen molar-refractivity contribution in [2.75, 3.05) is 14.7 Å². The average Bonchev–Trinajstić information content (AvgIpc) is 3.55. The van der Waals surface area contributed by atoms with Crippen LogP contribution in [0, 0.1) is 0 Å². The lowest BCUT2D eigenvalue weighted by molar-refractivity contribution is 0.215. The largest absolute Gasteiger partial charge is 0.334 e. The van der Waals surface area contributed by atoms with Gasteiger partial charge in [0.15, 0.2) is 0 Å². The second kappa shape index (κ2) is 15.5. The van der Waals surface area contributed by atoms with Crippen LogP contribution >= 0.6 is 0 Å². The van der Waals surface area contributed by atoms with Gasteiger partial charge >= 0.3 is 0 Å². The summed E-state index contributed by atoms with van der Waals surface area (Å²) in [5.74, 6) is 0. The van der Waals surface area contributed by atoms with E-state index in [4.69, 9.17) is 0 Å². The van der Waals surface area contributed by atoms with Crippen LogP contribution in [0.3, 0.4) is 0 Å². The molecule has 350 valence electrons. The number of anilines is 8. The monoisotopic (exact) mass is 906 g/mol. The molecule has 0 saturated heterocycles.